The van der Waals surface area contributed by atoms with Gasteiger partial charge in [-0.3, -0.25) is 0 Å². The van der Waals surface area contributed by atoms with Crippen LogP contribution in [0, 0.1) is 11.3 Å². The van der Waals surface area contributed by atoms with E-state index in [1.54, 1.807) is 0 Å². The number of rotatable bonds is 3. The molecule has 2 aromatic rings. The van der Waals surface area contributed by atoms with Gasteiger partial charge >= 0.3 is 6.36 Å². The molecule has 0 aliphatic carbocycles. The van der Waals surface area contributed by atoms with Crippen LogP contribution in [0.3, 0.4) is 0 Å². The van der Waals surface area contributed by atoms with E-state index in [9.17, 15) is 13.2 Å². The van der Waals surface area contributed by atoms with Gasteiger partial charge in [-0.2, -0.15) is 5.26 Å². The van der Waals surface area contributed by atoms with Gasteiger partial charge in [-0.25, -0.2) is 0 Å². The fourth-order valence-corrected chi connectivity index (χ4v) is 1.77. The van der Waals surface area contributed by atoms with Crippen molar-refractivity contribution in [2.45, 2.75) is 6.36 Å². The van der Waals surface area contributed by atoms with Crippen LogP contribution < -0.4 is 9.47 Å². The lowest BCUT2D eigenvalue weighted by molar-refractivity contribution is -0.275. The first-order chi connectivity index (χ1) is 9.90. The molecule has 108 valence electrons. The third-order valence-corrected chi connectivity index (χ3v) is 2.70. The zero-order valence-corrected chi connectivity index (χ0v) is 11.1. The average molecular weight is 314 g/mol. The number of alkyl halides is 3. The van der Waals surface area contributed by atoms with Crippen molar-refractivity contribution in [2.75, 3.05) is 0 Å². The third kappa shape index (κ3) is 3.80. The highest BCUT2D eigenvalue weighted by Gasteiger charge is 2.32. The molecular formula is C14H7ClF3NO2. The zero-order valence-electron chi connectivity index (χ0n) is 10.3. The Hall–Kier alpha value is -2.39. The van der Waals surface area contributed by atoms with Gasteiger partial charge in [-0.1, -0.05) is 29.8 Å². The van der Waals surface area contributed by atoms with Gasteiger partial charge < -0.3 is 9.47 Å². The molecule has 0 saturated heterocycles. The summed E-state index contributed by atoms with van der Waals surface area (Å²) in [5.74, 6) is -0.634. The number of hydrogen-bond donors (Lipinski definition) is 0. The highest BCUT2D eigenvalue weighted by Crippen LogP contribution is 2.37. The summed E-state index contributed by atoms with van der Waals surface area (Å²) >= 11 is 5.83. The topological polar surface area (TPSA) is 42.2 Å². The van der Waals surface area contributed by atoms with Crippen LogP contribution in [0.5, 0.6) is 17.2 Å². The van der Waals surface area contributed by atoms with E-state index in [0.29, 0.717) is 0 Å². The molecule has 0 aliphatic rings. The summed E-state index contributed by atoms with van der Waals surface area (Å²) < 4.78 is 46.1. The zero-order chi connectivity index (χ0) is 15.5. The van der Waals surface area contributed by atoms with E-state index in [2.05, 4.69) is 4.74 Å². The van der Waals surface area contributed by atoms with Crippen LogP contribution in [0.4, 0.5) is 13.2 Å². The van der Waals surface area contributed by atoms with Crippen molar-refractivity contribution < 1.29 is 22.6 Å². The summed E-state index contributed by atoms with van der Waals surface area (Å²) in [5.41, 5.74) is 0.0287. The number of ether oxygens (including phenoxy) is 2. The van der Waals surface area contributed by atoms with Gasteiger partial charge in [0.25, 0.3) is 0 Å². The second kappa shape index (κ2) is 5.94. The van der Waals surface area contributed by atoms with Crippen LogP contribution >= 0.6 is 11.6 Å². The monoisotopic (exact) mass is 313 g/mol. The Bertz CT molecular complexity index is 695. The fourth-order valence-electron chi connectivity index (χ4n) is 1.56. The van der Waals surface area contributed by atoms with Gasteiger partial charge in [0.2, 0.25) is 0 Å². The number of hydrogen-bond acceptors (Lipinski definition) is 3. The van der Waals surface area contributed by atoms with Crippen LogP contribution in [0.2, 0.25) is 5.02 Å². The molecular weight excluding hydrogens is 307 g/mol. The predicted molar refractivity (Wildman–Crippen MR) is 69.4 cm³/mol. The molecule has 0 heterocycles. The molecule has 3 nitrogen and oxygen atoms in total. The molecule has 0 spiro atoms. The molecule has 0 aromatic heterocycles. The quantitative estimate of drug-likeness (QED) is 0.809. The molecule has 0 unspecified atom stereocenters. The van der Waals surface area contributed by atoms with E-state index in [1.807, 2.05) is 6.07 Å². The molecule has 2 rings (SSSR count). The first-order valence-electron chi connectivity index (χ1n) is 5.62. The summed E-state index contributed by atoms with van der Waals surface area (Å²) in [7, 11) is 0. The van der Waals surface area contributed by atoms with Crippen LogP contribution in [0.15, 0.2) is 42.5 Å². The summed E-state index contributed by atoms with van der Waals surface area (Å²) in [4.78, 5) is 0. The van der Waals surface area contributed by atoms with E-state index in [4.69, 9.17) is 21.6 Å². The molecule has 21 heavy (non-hydrogen) atoms. The van der Waals surface area contributed by atoms with Gasteiger partial charge in [0.15, 0.2) is 11.5 Å². The van der Waals surface area contributed by atoms with E-state index < -0.39 is 12.1 Å². The smallest absolute Gasteiger partial charge is 0.452 e. The van der Waals surface area contributed by atoms with Gasteiger partial charge in [0, 0.05) is 0 Å². The van der Waals surface area contributed by atoms with Crippen LogP contribution in [-0.4, -0.2) is 6.36 Å². The molecule has 0 radical (unpaired) electrons. The van der Waals surface area contributed by atoms with Crippen LogP contribution in [0.1, 0.15) is 5.56 Å². The number of nitrogens with zero attached hydrogens (tertiary/aromatic N) is 1. The van der Waals surface area contributed by atoms with E-state index in [0.717, 1.165) is 6.07 Å². The van der Waals surface area contributed by atoms with Crippen LogP contribution in [-0.2, 0) is 0 Å². The Morgan fingerprint density at radius 1 is 0.952 bits per heavy atom. The molecule has 0 aliphatic heterocycles. The van der Waals surface area contributed by atoms with Crippen molar-refractivity contribution in [1.82, 2.24) is 0 Å². The Kier molecular flexibility index (Phi) is 4.24. The maximum Gasteiger partial charge on any atom is 0.573 e. The van der Waals surface area contributed by atoms with Gasteiger partial charge in [-0.15, -0.1) is 13.2 Å². The van der Waals surface area contributed by atoms with Crippen molar-refractivity contribution in [3.05, 3.63) is 53.1 Å². The summed E-state index contributed by atoms with van der Waals surface area (Å²) in [6.45, 7) is 0. The maximum absolute atomic E-state index is 12.3. The number of benzene rings is 2. The lowest BCUT2D eigenvalue weighted by atomic mass is 10.2. The Morgan fingerprint density at radius 2 is 1.57 bits per heavy atom. The number of nitriles is 1. The minimum atomic E-state index is -4.84. The maximum atomic E-state index is 12.3. The normalized spacial score (nSPS) is 10.8. The third-order valence-electron chi connectivity index (χ3n) is 2.38. The fraction of sp³-hybridized carbons (Fsp3) is 0.0714. The van der Waals surface area contributed by atoms with Crippen molar-refractivity contribution in [3.63, 3.8) is 0 Å². The van der Waals surface area contributed by atoms with Crippen molar-refractivity contribution in [3.8, 4) is 23.3 Å². The second-order valence-corrected chi connectivity index (χ2v) is 4.23. The minimum Gasteiger partial charge on any atom is -0.452 e. The Balaban J connectivity index is 2.37. The average Bonchev–Trinajstić information content (AvgIpc) is 2.40. The van der Waals surface area contributed by atoms with Crippen molar-refractivity contribution in [1.29, 1.82) is 5.26 Å². The van der Waals surface area contributed by atoms with Gasteiger partial charge in [-0.05, 0) is 24.3 Å². The molecule has 0 N–H and O–H groups in total. The van der Waals surface area contributed by atoms with Gasteiger partial charge in [0.1, 0.15) is 17.4 Å². The molecule has 0 fully saturated rings. The largest absolute Gasteiger partial charge is 0.573 e. The van der Waals surface area contributed by atoms with Crippen molar-refractivity contribution >= 4 is 11.6 Å². The molecule has 0 saturated carbocycles. The summed E-state index contributed by atoms with van der Waals surface area (Å²) in [5, 5.41) is 9.15. The first-order valence-corrected chi connectivity index (χ1v) is 6.00. The lowest BCUT2D eigenvalue weighted by Gasteiger charge is -2.14. The van der Waals surface area contributed by atoms with E-state index >= 15 is 0 Å². The van der Waals surface area contributed by atoms with E-state index in [-0.39, 0.29) is 22.1 Å². The first kappa shape index (κ1) is 15.0. The SMILES string of the molecule is N#Cc1c(Cl)cccc1Oc1ccccc1OC(F)(F)F. The van der Waals surface area contributed by atoms with E-state index in [1.165, 1.54) is 36.4 Å². The summed E-state index contributed by atoms with van der Waals surface area (Å²) in [6.07, 6.45) is -4.84. The number of halogens is 4. The highest BCUT2D eigenvalue weighted by atomic mass is 35.5. The van der Waals surface area contributed by atoms with Crippen LogP contribution in [0.25, 0.3) is 0 Å². The molecule has 0 atom stereocenters. The second-order valence-electron chi connectivity index (χ2n) is 3.82. The van der Waals surface area contributed by atoms with Gasteiger partial charge in [0.05, 0.1) is 5.02 Å². The molecule has 2 aromatic carbocycles. The number of para-hydroxylation sites is 2. The summed E-state index contributed by atoms with van der Waals surface area (Å²) in [6, 6.07) is 11.5. The molecule has 0 amide bonds. The minimum absolute atomic E-state index is 0.0287. The Labute approximate surface area is 123 Å². The predicted octanol–water partition coefficient (Wildman–Crippen LogP) is 4.90. The lowest BCUT2D eigenvalue weighted by Crippen LogP contribution is -2.17. The molecule has 0 bridgehead atoms. The molecule has 7 heteroatoms. The Morgan fingerprint density at radius 3 is 2.19 bits per heavy atom. The highest BCUT2D eigenvalue weighted by molar-refractivity contribution is 6.31. The van der Waals surface area contributed by atoms with Crippen molar-refractivity contribution in [2.24, 2.45) is 0 Å². The standard InChI is InChI=1S/C14H7ClF3NO2/c15-10-4-3-7-11(9(10)8-19)20-12-5-1-2-6-13(12)21-14(16,17)18/h1-7H.